The van der Waals surface area contributed by atoms with E-state index < -0.39 is 0 Å². The second-order valence-corrected chi connectivity index (χ2v) is 5.32. The fourth-order valence-corrected chi connectivity index (χ4v) is 3.08. The van der Waals surface area contributed by atoms with Gasteiger partial charge in [0.05, 0.1) is 0 Å². The van der Waals surface area contributed by atoms with Gasteiger partial charge in [0.25, 0.3) is 0 Å². The lowest BCUT2D eigenvalue weighted by molar-refractivity contribution is -0.0317. The van der Waals surface area contributed by atoms with E-state index in [1.807, 2.05) is 0 Å². The molecule has 1 aliphatic rings. The highest BCUT2D eigenvalue weighted by atomic mass is 14.5. The van der Waals surface area contributed by atoms with Crippen molar-refractivity contribution in [3.8, 4) is 0 Å². The van der Waals surface area contributed by atoms with Crippen LogP contribution in [0.1, 0.15) is 60.3 Å². The van der Waals surface area contributed by atoms with Crippen molar-refractivity contribution >= 4 is 0 Å². The second-order valence-electron chi connectivity index (χ2n) is 5.32. The van der Waals surface area contributed by atoms with Crippen molar-refractivity contribution in [1.29, 1.82) is 0 Å². The fraction of sp³-hybridized carbons (Fsp3) is 1.00. The van der Waals surface area contributed by atoms with Crippen LogP contribution in [0.2, 0.25) is 0 Å². The van der Waals surface area contributed by atoms with Gasteiger partial charge < -0.3 is 0 Å². The molecule has 4 unspecified atom stereocenters. The van der Waals surface area contributed by atoms with Crippen LogP contribution >= 0.6 is 0 Å². The molecule has 0 spiro atoms. The van der Waals surface area contributed by atoms with Gasteiger partial charge in [0.15, 0.2) is 0 Å². The lowest BCUT2D eigenvalue weighted by atomic mass is 9.52. The van der Waals surface area contributed by atoms with E-state index in [4.69, 9.17) is 0 Å². The summed E-state index contributed by atoms with van der Waals surface area (Å²) >= 11 is 0. The molecule has 0 N–H and O–H groups in total. The Bertz CT molecular complexity index is 159. The molecule has 0 bridgehead atoms. The molecule has 0 amide bonds. The van der Waals surface area contributed by atoms with Crippen molar-refractivity contribution in [3.05, 3.63) is 0 Å². The molecule has 13 heavy (non-hydrogen) atoms. The summed E-state index contributed by atoms with van der Waals surface area (Å²) in [5.74, 6) is 2.83. The molecular formula is C13H26. The summed E-state index contributed by atoms with van der Waals surface area (Å²) in [6.07, 6.45) is 5.68. The quantitative estimate of drug-likeness (QED) is 0.600. The van der Waals surface area contributed by atoms with Gasteiger partial charge in [0.2, 0.25) is 0 Å². The molecule has 0 saturated heterocycles. The summed E-state index contributed by atoms with van der Waals surface area (Å²) in [7, 11) is 0. The van der Waals surface area contributed by atoms with Crippen molar-refractivity contribution in [3.63, 3.8) is 0 Å². The van der Waals surface area contributed by atoms with Crippen molar-refractivity contribution < 1.29 is 0 Å². The van der Waals surface area contributed by atoms with E-state index in [1.165, 1.54) is 25.7 Å². The molecule has 0 heterocycles. The number of rotatable bonds is 4. The van der Waals surface area contributed by atoms with Gasteiger partial charge >= 0.3 is 0 Å². The zero-order valence-corrected chi connectivity index (χ0v) is 10.1. The van der Waals surface area contributed by atoms with Crippen molar-refractivity contribution in [2.24, 2.45) is 23.2 Å². The minimum Gasteiger partial charge on any atom is -0.0651 e. The maximum Gasteiger partial charge on any atom is -0.0269 e. The van der Waals surface area contributed by atoms with Gasteiger partial charge in [-0.2, -0.15) is 0 Å². The lowest BCUT2D eigenvalue weighted by Crippen LogP contribution is -2.44. The zero-order chi connectivity index (χ0) is 10.1. The Labute approximate surface area is 84.1 Å². The molecule has 0 heteroatoms. The third-order valence-electron chi connectivity index (χ3n) is 4.99. The minimum atomic E-state index is 0.671. The van der Waals surface area contributed by atoms with E-state index in [0.717, 1.165) is 17.8 Å². The van der Waals surface area contributed by atoms with Crippen LogP contribution in [-0.2, 0) is 0 Å². The summed E-state index contributed by atoms with van der Waals surface area (Å²) in [4.78, 5) is 0. The second kappa shape index (κ2) is 4.02. The molecule has 1 rings (SSSR count). The predicted octanol–water partition coefficient (Wildman–Crippen LogP) is 4.49. The number of hydrogen-bond donors (Lipinski definition) is 0. The van der Waals surface area contributed by atoms with Crippen LogP contribution < -0.4 is 0 Å². The van der Waals surface area contributed by atoms with Gasteiger partial charge in [0, 0.05) is 0 Å². The fourth-order valence-electron chi connectivity index (χ4n) is 3.08. The first-order valence-corrected chi connectivity index (χ1v) is 6.06. The molecule has 78 valence electrons. The highest BCUT2D eigenvalue weighted by Gasteiger charge is 2.46. The van der Waals surface area contributed by atoms with Crippen LogP contribution in [0.5, 0.6) is 0 Å². The summed E-state index contributed by atoms with van der Waals surface area (Å²) < 4.78 is 0. The Morgan fingerprint density at radius 3 is 2.23 bits per heavy atom. The Kier molecular flexibility index (Phi) is 3.43. The standard InChI is InChI=1S/C13H26/c1-6-10(3)11(4)13(5)9-8-12(13)7-2/h10-12H,6-9H2,1-5H3. The SMILES string of the molecule is CCC(C)C(C)C1(C)CCC1CC. The third-order valence-corrected chi connectivity index (χ3v) is 4.99. The lowest BCUT2D eigenvalue weighted by Gasteiger charge is -2.53. The van der Waals surface area contributed by atoms with Crippen molar-refractivity contribution in [1.82, 2.24) is 0 Å². The first-order valence-electron chi connectivity index (χ1n) is 6.06. The maximum absolute atomic E-state index is 2.52. The first kappa shape index (κ1) is 11.1. The Hall–Kier alpha value is 0. The van der Waals surface area contributed by atoms with Gasteiger partial charge in [0.1, 0.15) is 0 Å². The molecule has 0 aromatic rings. The van der Waals surface area contributed by atoms with Crippen molar-refractivity contribution in [2.75, 3.05) is 0 Å². The largest absolute Gasteiger partial charge is 0.0651 e. The average molecular weight is 182 g/mol. The van der Waals surface area contributed by atoms with E-state index in [2.05, 4.69) is 34.6 Å². The van der Waals surface area contributed by atoms with Crippen molar-refractivity contribution in [2.45, 2.75) is 60.3 Å². The highest BCUT2D eigenvalue weighted by molar-refractivity contribution is 4.95. The molecular weight excluding hydrogens is 156 g/mol. The highest BCUT2D eigenvalue weighted by Crippen LogP contribution is 2.55. The maximum atomic E-state index is 2.52. The van der Waals surface area contributed by atoms with Crippen LogP contribution in [-0.4, -0.2) is 0 Å². The summed E-state index contributed by atoms with van der Waals surface area (Å²) in [6.45, 7) is 12.1. The topological polar surface area (TPSA) is 0 Å². The van der Waals surface area contributed by atoms with Crippen LogP contribution in [0.25, 0.3) is 0 Å². The Morgan fingerprint density at radius 1 is 1.31 bits per heavy atom. The molecule has 0 aromatic heterocycles. The zero-order valence-electron chi connectivity index (χ0n) is 10.1. The minimum absolute atomic E-state index is 0.671. The third kappa shape index (κ3) is 1.78. The van der Waals surface area contributed by atoms with E-state index in [1.54, 1.807) is 0 Å². The van der Waals surface area contributed by atoms with E-state index in [9.17, 15) is 0 Å². The molecule has 0 aliphatic heterocycles. The molecule has 0 aromatic carbocycles. The van der Waals surface area contributed by atoms with E-state index in [0.29, 0.717) is 5.41 Å². The van der Waals surface area contributed by atoms with Gasteiger partial charge in [-0.25, -0.2) is 0 Å². The summed E-state index contributed by atoms with van der Waals surface area (Å²) in [6, 6.07) is 0. The van der Waals surface area contributed by atoms with Gasteiger partial charge in [-0.05, 0) is 36.0 Å². The van der Waals surface area contributed by atoms with Crippen LogP contribution in [0.15, 0.2) is 0 Å². The van der Waals surface area contributed by atoms with E-state index in [-0.39, 0.29) is 0 Å². The first-order chi connectivity index (χ1) is 6.06. The van der Waals surface area contributed by atoms with Crippen LogP contribution in [0, 0.1) is 23.2 Å². The summed E-state index contributed by atoms with van der Waals surface area (Å²) in [5, 5.41) is 0. The molecule has 1 saturated carbocycles. The molecule has 0 nitrogen and oxygen atoms in total. The van der Waals surface area contributed by atoms with Gasteiger partial charge in [-0.3, -0.25) is 0 Å². The Morgan fingerprint density at radius 2 is 1.92 bits per heavy atom. The van der Waals surface area contributed by atoms with Crippen LogP contribution in [0.4, 0.5) is 0 Å². The summed E-state index contributed by atoms with van der Waals surface area (Å²) in [5.41, 5.74) is 0.671. The normalized spacial score (nSPS) is 38.1. The smallest absolute Gasteiger partial charge is 0.0269 e. The van der Waals surface area contributed by atoms with Gasteiger partial charge in [-0.15, -0.1) is 0 Å². The van der Waals surface area contributed by atoms with Crippen LogP contribution in [0.3, 0.4) is 0 Å². The molecule has 1 aliphatic carbocycles. The molecule has 4 atom stereocenters. The van der Waals surface area contributed by atoms with Gasteiger partial charge in [-0.1, -0.05) is 47.5 Å². The average Bonchev–Trinajstić information content (AvgIpc) is 2.13. The van der Waals surface area contributed by atoms with E-state index >= 15 is 0 Å². The predicted molar refractivity (Wildman–Crippen MR) is 59.7 cm³/mol. The monoisotopic (exact) mass is 182 g/mol. The Balaban J connectivity index is 2.58. The number of hydrogen-bond acceptors (Lipinski definition) is 0. The molecule has 0 radical (unpaired) electrons. The molecule has 1 fully saturated rings.